The molecule has 1 atom stereocenters. The van der Waals surface area contributed by atoms with Crippen LogP contribution in [0.25, 0.3) is 0 Å². The number of nitrogens with zero attached hydrogens (tertiary/aromatic N) is 1. The third-order valence-corrected chi connectivity index (χ3v) is 3.71. The lowest BCUT2D eigenvalue weighted by atomic mass is 10.1. The van der Waals surface area contributed by atoms with Gasteiger partial charge in [0.15, 0.2) is 0 Å². The van der Waals surface area contributed by atoms with Crippen LogP contribution in [0, 0.1) is 5.92 Å². The van der Waals surface area contributed by atoms with E-state index in [4.69, 9.17) is 11.6 Å². The van der Waals surface area contributed by atoms with Crippen molar-refractivity contribution in [2.45, 2.75) is 32.2 Å². The highest BCUT2D eigenvalue weighted by Crippen LogP contribution is 2.38. The van der Waals surface area contributed by atoms with E-state index in [0.29, 0.717) is 6.04 Å². The number of nitrogens with one attached hydrogen (secondary N) is 1. The fourth-order valence-corrected chi connectivity index (χ4v) is 2.68. The van der Waals surface area contributed by atoms with E-state index in [9.17, 15) is 0 Å². The lowest BCUT2D eigenvalue weighted by Gasteiger charge is -2.24. The molecule has 0 saturated heterocycles. The molecule has 0 amide bonds. The Hall–Kier alpha value is -0.890. The Labute approximate surface area is 109 Å². The SMILES string of the molecule is CCC(Nc1cccc(Cl)c1N(C)C)C1CC1. The number of hydrogen-bond donors (Lipinski definition) is 1. The zero-order valence-electron chi connectivity index (χ0n) is 10.8. The maximum Gasteiger partial charge on any atom is 0.0786 e. The van der Waals surface area contributed by atoms with Crippen molar-refractivity contribution in [1.82, 2.24) is 0 Å². The van der Waals surface area contributed by atoms with Crippen molar-refractivity contribution in [2.24, 2.45) is 5.92 Å². The molecule has 1 aromatic carbocycles. The number of halogens is 1. The van der Waals surface area contributed by atoms with E-state index in [1.54, 1.807) is 0 Å². The Balaban J connectivity index is 2.21. The zero-order chi connectivity index (χ0) is 12.4. The molecule has 1 aromatic rings. The van der Waals surface area contributed by atoms with Gasteiger partial charge in [0.2, 0.25) is 0 Å². The number of hydrogen-bond acceptors (Lipinski definition) is 2. The van der Waals surface area contributed by atoms with E-state index in [1.807, 2.05) is 26.2 Å². The summed E-state index contributed by atoms with van der Waals surface area (Å²) in [5.74, 6) is 0.856. The summed E-state index contributed by atoms with van der Waals surface area (Å²) in [6.45, 7) is 2.25. The highest BCUT2D eigenvalue weighted by Gasteiger charge is 2.30. The normalized spacial score (nSPS) is 16.7. The molecular formula is C14H21ClN2. The Morgan fingerprint density at radius 1 is 1.41 bits per heavy atom. The summed E-state index contributed by atoms with van der Waals surface area (Å²) >= 11 is 6.26. The van der Waals surface area contributed by atoms with Crippen molar-refractivity contribution in [3.05, 3.63) is 23.2 Å². The fourth-order valence-electron chi connectivity index (χ4n) is 2.34. The fraction of sp³-hybridized carbons (Fsp3) is 0.571. The molecule has 1 aliphatic carbocycles. The maximum absolute atomic E-state index is 6.26. The van der Waals surface area contributed by atoms with E-state index in [0.717, 1.165) is 22.3 Å². The molecule has 94 valence electrons. The third-order valence-electron chi connectivity index (χ3n) is 3.41. The first kappa shape index (κ1) is 12.6. The van der Waals surface area contributed by atoms with Gasteiger partial charge < -0.3 is 10.2 Å². The van der Waals surface area contributed by atoms with Crippen LogP contribution in [0.3, 0.4) is 0 Å². The molecule has 2 nitrogen and oxygen atoms in total. The van der Waals surface area contributed by atoms with Crippen LogP contribution in [0.1, 0.15) is 26.2 Å². The average molecular weight is 253 g/mol. The molecule has 1 N–H and O–H groups in total. The van der Waals surface area contributed by atoms with Gasteiger partial charge in [-0.25, -0.2) is 0 Å². The van der Waals surface area contributed by atoms with Crippen molar-refractivity contribution < 1.29 is 0 Å². The van der Waals surface area contributed by atoms with E-state index < -0.39 is 0 Å². The topological polar surface area (TPSA) is 15.3 Å². The molecule has 0 aliphatic heterocycles. The summed E-state index contributed by atoms with van der Waals surface area (Å²) < 4.78 is 0. The van der Waals surface area contributed by atoms with Crippen molar-refractivity contribution in [3.63, 3.8) is 0 Å². The summed E-state index contributed by atoms with van der Waals surface area (Å²) in [4.78, 5) is 2.07. The minimum atomic E-state index is 0.590. The molecule has 1 aliphatic rings. The molecular weight excluding hydrogens is 232 g/mol. The van der Waals surface area contributed by atoms with Gasteiger partial charge in [-0.15, -0.1) is 0 Å². The number of rotatable bonds is 5. The Bertz CT molecular complexity index is 386. The van der Waals surface area contributed by atoms with E-state index in [1.165, 1.54) is 19.3 Å². The van der Waals surface area contributed by atoms with Crippen LogP contribution >= 0.6 is 11.6 Å². The first-order valence-corrected chi connectivity index (χ1v) is 6.73. The molecule has 0 spiro atoms. The molecule has 1 saturated carbocycles. The van der Waals surface area contributed by atoms with Gasteiger partial charge in [0.1, 0.15) is 0 Å². The van der Waals surface area contributed by atoms with Crippen LogP contribution < -0.4 is 10.2 Å². The number of anilines is 2. The van der Waals surface area contributed by atoms with Gasteiger partial charge in [-0.2, -0.15) is 0 Å². The van der Waals surface area contributed by atoms with Gasteiger partial charge in [-0.3, -0.25) is 0 Å². The van der Waals surface area contributed by atoms with Gasteiger partial charge in [-0.1, -0.05) is 24.6 Å². The minimum Gasteiger partial charge on any atom is -0.380 e. The minimum absolute atomic E-state index is 0.590. The van der Waals surface area contributed by atoms with Crippen LogP contribution in [0.5, 0.6) is 0 Å². The molecule has 0 bridgehead atoms. The van der Waals surface area contributed by atoms with Crippen molar-refractivity contribution in [3.8, 4) is 0 Å². The monoisotopic (exact) mass is 252 g/mol. The quantitative estimate of drug-likeness (QED) is 0.852. The van der Waals surface area contributed by atoms with Crippen LogP contribution in [0.15, 0.2) is 18.2 Å². The molecule has 0 radical (unpaired) electrons. The second-order valence-electron chi connectivity index (χ2n) is 5.03. The Morgan fingerprint density at radius 3 is 2.65 bits per heavy atom. The highest BCUT2D eigenvalue weighted by atomic mass is 35.5. The molecule has 3 heteroatoms. The number of para-hydroxylation sites is 1. The lowest BCUT2D eigenvalue weighted by Crippen LogP contribution is -2.22. The number of benzene rings is 1. The van der Waals surface area contributed by atoms with Crippen LogP contribution in [0.2, 0.25) is 5.02 Å². The van der Waals surface area contributed by atoms with Crippen LogP contribution in [0.4, 0.5) is 11.4 Å². The van der Waals surface area contributed by atoms with E-state index in [-0.39, 0.29) is 0 Å². The Morgan fingerprint density at radius 2 is 2.12 bits per heavy atom. The molecule has 0 heterocycles. The maximum atomic E-state index is 6.26. The largest absolute Gasteiger partial charge is 0.380 e. The average Bonchev–Trinajstić information content (AvgIpc) is 3.09. The van der Waals surface area contributed by atoms with E-state index >= 15 is 0 Å². The summed E-state index contributed by atoms with van der Waals surface area (Å²) in [6, 6.07) is 6.66. The summed E-state index contributed by atoms with van der Waals surface area (Å²) in [5.41, 5.74) is 2.24. The lowest BCUT2D eigenvalue weighted by molar-refractivity contribution is 0.616. The zero-order valence-corrected chi connectivity index (χ0v) is 11.6. The smallest absolute Gasteiger partial charge is 0.0786 e. The van der Waals surface area contributed by atoms with Crippen molar-refractivity contribution in [2.75, 3.05) is 24.3 Å². The van der Waals surface area contributed by atoms with Crippen LogP contribution in [-0.4, -0.2) is 20.1 Å². The standard InChI is InChI=1S/C14H21ClN2/c1-4-12(10-8-9-10)16-13-7-5-6-11(15)14(13)17(2)3/h5-7,10,12,16H,4,8-9H2,1-3H3. The van der Waals surface area contributed by atoms with Gasteiger partial charge in [0.25, 0.3) is 0 Å². The first-order valence-electron chi connectivity index (χ1n) is 6.35. The predicted octanol–water partition coefficient (Wildman–Crippen LogP) is 4.01. The van der Waals surface area contributed by atoms with Crippen molar-refractivity contribution in [1.29, 1.82) is 0 Å². The second kappa shape index (κ2) is 5.18. The third kappa shape index (κ3) is 2.86. The van der Waals surface area contributed by atoms with Gasteiger partial charge in [0.05, 0.1) is 16.4 Å². The molecule has 1 fully saturated rings. The van der Waals surface area contributed by atoms with Gasteiger partial charge in [-0.05, 0) is 37.3 Å². The van der Waals surface area contributed by atoms with Crippen molar-refractivity contribution >= 4 is 23.0 Å². The van der Waals surface area contributed by atoms with Gasteiger partial charge in [0, 0.05) is 20.1 Å². The highest BCUT2D eigenvalue weighted by molar-refractivity contribution is 6.34. The molecule has 17 heavy (non-hydrogen) atoms. The summed E-state index contributed by atoms with van der Waals surface area (Å²) in [5, 5.41) is 4.47. The van der Waals surface area contributed by atoms with Crippen LogP contribution in [-0.2, 0) is 0 Å². The first-order chi connectivity index (χ1) is 8.13. The molecule has 2 rings (SSSR count). The molecule has 1 unspecified atom stereocenters. The summed E-state index contributed by atoms with van der Waals surface area (Å²) in [6.07, 6.45) is 3.90. The predicted molar refractivity (Wildman–Crippen MR) is 76.2 cm³/mol. The summed E-state index contributed by atoms with van der Waals surface area (Å²) in [7, 11) is 4.06. The second-order valence-corrected chi connectivity index (χ2v) is 5.43. The Kier molecular flexibility index (Phi) is 3.82. The molecule has 0 aromatic heterocycles. The van der Waals surface area contributed by atoms with Gasteiger partial charge >= 0.3 is 0 Å². The van der Waals surface area contributed by atoms with E-state index in [2.05, 4.69) is 23.2 Å².